The molecule has 0 saturated heterocycles. The molecule has 0 unspecified atom stereocenters. The van der Waals surface area contributed by atoms with Crippen molar-refractivity contribution in [3.8, 4) is 0 Å². The van der Waals surface area contributed by atoms with E-state index in [-0.39, 0.29) is 5.41 Å². The Balaban J connectivity index is 2.10. The van der Waals surface area contributed by atoms with Crippen LogP contribution in [0.15, 0.2) is 6.33 Å². The fourth-order valence-corrected chi connectivity index (χ4v) is 2.93. The van der Waals surface area contributed by atoms with Crippen molar-refractivity contribution in [2.45, 2.75) is 59.4 Å². The van der Waals surface area contributed by atoms with Gasteiger partial charge in [-0.1, -0.05) is 13.8 Å². The molecule has 0 spiro atoms. The van der Waals surface area contributed by atoms with Crippen molar-refractivity contribution in [1.29, 1.82) is 0 Å². The van der Waals surface area contributed by atoms with Gasteiger partial charge in [0.2, 0.25) is 0 Å². The summed E-state index contributed by atoms with van der Waals surface area (Å²) in [6, 6.07) is 0. The fourth-order valence-electron chi connectivity index (χ4n) is 2.93. The van der Waals surface area contributed by atoms with E-state index in [4.69, 9.17) is 5.73 Å². The van der Waals surface area contributed by atoms with E-state index in [2.05, 4.69) is 30.9 Å². The van der Waals surface area contributed by atoms with Gasteiger partial charge in [-0.25, -0.2) is 4.98 Å². The SMILES string of the molecule is CCn1ncnc1CC1(CN)CCC(C)(C)CC1. The molecule has 1 aromatic rings. The maximum atomic E-state index is 6.08. The van der Waals surface area contributed by atoms with Crippen LogP contribution in [0.2, 0.25) is 0 Å². The van der Waals surface area contributed by atoms with E-state index in [1.807, 2.05) is 4.68 Å². The molecular formula is C14H26N4. The van der Waals surface area contributed by atoms with Gasteiger partial charge >= 0.3 is 0 Å². The molecule has 4 nitrogen and oxygen atoms in total. The Labute approximate surface area is 110 Å². The first-order valence-corrected chi connectivity index (χ1v) is 7.07. The average molecular weight is 250 g/mol. The third-order valence-corrected chi connectivity index (χ3v) is 4.63. The second-order valence-corrected chi connectivity index (χ2v) is 6.54. The Morgan fingerprint density at radius 3 is 2.50 bits per heavy atom. The fraction of sp³-hybridized carbons (Fsp3) is 0.857. The Morgan fingerprint density at radius 2 is 1.94 bits per heavy atom. The van der Waals surface area contributed by atoms with Gasteiger partial charge in [0.25, 0.3) is 0 Å². The van der Waals surface area contributed by atoms with Gasteiger partial charge < -0.3 is 5.73 Å². The van der Waals surface area contributed by atoms with Gasteiger partial charge in [-0.2, -0.15) is 5.10 Å². The van der Waals surface area contributed by atoms with Crippen molar-refractivity contribution in [3.63, 3.8) is 0 Å². The van der Waals surface area contributed by atoms with E-state index in [0.717, 1.165) is 25.3 Å². The van der Waals surface area contributed by atoms with Crippen molar-refractivity contribution in [1.82, 2.24) is 14.8 Å². The Morgan fingerprint density at radius 1 is 1.28 bits per heavy atom. The lowest BCUT2D eigenvalue weighted by molar-refractivity contribution is 0.105. The topological polar surface area (TPSA) is 56.7 Å². The summed E-state index contributed by atoms with van der Waals surface area (Å²) in [6.07, 6.45) is 7.61. The molecule has 1 fully saturated rings. The maximum absolute atomic E-state index is 6.08. The first kappa shape index (κ1) is 13.5. The minimum atomic E-state index is 0.246. The number of rotatable bonds is 4. The van der Waals surface area contributed by atoms with E-state index in [1.165, 1.54) is 25.7 Å². The molecule has 1 aromatic heterocycles. The van der Waals surface area contributed by atoms with Crippen molar-refractivity contribution >= 4 is 0 Å². The van der Waals surface area contributed by atoms with E-state index in [9.17, 15) is 0 Å². The Hall–Kier alpha value is -0.900. The molecule has 2 rings (SSSR count). The van der Waals surface area contributed by atoms with E-state index < -0.39 is 0 Å². The molecule has 0 aliphatic heterocycles. The van der Waals surface area contributed by atoms with Crippen LogP contribution in [0.5, 0.6) is 0 Å². The quantitative estimate of drug-likeness (QED) is 0.892. The Bertz CT molecular complexity index is 384. The van der Waals surface area contributed by atoms with Gasteiger partial charge in [0.05, 0.1) is 0 Å². The van der Waals surface area contributed by atoms with Gasteiger partial charge in [-0.3, -0.25) is 4.68 Å². The second-order valence-electron chi connectivity index (χ2n) is 6.54. The highest BCUT2D eigenvalue weighted by molar-refractivity contribution is 4.98. The molecule has 4 heteroatoms. The van der Waals surface area contributed by atoms with Crippen molar-refractivity contribution in [3.05, 3.63) is 12.2 Å². The molecule has 0 amide bonds. The lowest BCUT2D eigenvalue weighted by Gasteiger charge is -2.43. The van der Waals surface area contributed by atoms with Crippen LogP contribution >= 0.6 is 0 Å². The normalized spacial score (nSPS) is 22.0. The van der Waals surface area contributed by atoms with Crippen LogP contribution in [0.3, 0.4) is 0 Å². The van der Waals surface area contributed by atoms with Gasteiger partial charge in [0.15, 0.2) is 0 Å². The summed E-state index contributed by atoms with van der Waals surface area (Å²) < 4.78 is 2.00. The number of nitrogens with zero attached hydrogens (tertiary/aromatic N) is 3. The smallest absolute Gasteiger partial charge is 0.138 e. The summed E-state index contributed by atoms with van der Waals surface area (Å²) in [4.78, 5) is 4.41. The van der Waals surface area contributed by atoms with Crippen molar-refractivity contribution in [2.24, 2.45) is 16.6 Å². The third kappa shape index (κ3) is 2.74. The summed E-state index contributed by atoms with van der Waals surface area (Å²) in [7, 11) is 0. The zero-order chi connectivity index (χ0) is 13.2. The highest BCUT2D eigenvalue weighted by atomic mass is 15.3. The highest BCUT2D eigenvalue weighted by Crippen LogP contribution is 2.45. The maximum Gasteiger partial charge on any atom is 0.138 e. The van der Waals surface area contributed by atoms with Crippen LogP contribution in [0, 0.1) is 10.8 Å². The number of hydrogen-bond donors (Lipinski definition) is 1. The molecule has 102 valence electrons. The van der Waals surface area contributed by atoms with Crippen LogP contribution in [0.25, 0.3) is 0 Å². The molecule has 0 radical (unpaired) electrons. The molecule has 1 aliphatic rings. The standard InChI is InChI=1S/C14H26N4/c1-4-18-12(16-11-17-18)9-14(10-15)7-5-13(2,3)6-8-14/h11H,4-10,15H2,1-3H3. The molecule has 0 bridgehead atoms. The largest absolute Gasteiger partial charge is 0.330 e. The molecule has 0 aromatic carbocycles. The number of aromatic nitrogens is 3. The van der Waals surface area contributed by atoms with Gasteiger partial charge in [0, 0.05) is 13.0 Å². The molecule has 1 heterocycles. The van der Waals surface area contributed by atoms with E-state index >= 15 is 0 Å². The predicted molar refractivity (Wildman–Crippen MR) is 73.1 cm³/mol. The van der Waals surface area contributed by atoms with Gasteiger partial charge in [-0.15, -0.1) is 0 Å². The van der Waals surface area contributed by atoms with Crippen LogP contribution in [-0.2, 0) is 13.0 Å². The first-order chi connectivity index (χ1) is 8.50. The van der Waals surface area contributed by atoms with Crippen LogP contribution in [0.1, 0.15) is 52.3 Å². The number of hydrogen-bond acceptors (Lipinski definition) is 3. The molecule has 1 aliphatic carbocycles. The van der Waals surface area contributed by atoms with E-state index in [1.54, 1.807) is 6.33 Å². The van der Waals surface area contributed by atoms with Crippen LogP contribution in [-0.4, -0.2) is 21.3 Å². The molecule has 2 N–H and O–H groups in total. The summed E-state index contributed by atoms with van der Waals surface area (Å²) in [5.41, 5.74) is 6.81. The summed E-state index contributed by atoms with van der Waals surface area (Å²) in [5.74, 6) is 1.10. The van der Waals surface area contributed by atoms with Crippen LogP contribution in [0.4, 0.5) is 0 Å². The predicted octanol–water partition coefficient (Wildman–Crippen LogP) is 2.39. The minimum absolute atomic E-state index is 0.246. The average Bonchev–Trinajstić information content (AvgIpc) is 2.79. The molecule has 0 atom stereocenters. The zero-order valence-corrected chi connectivity index (χ0v) is 11.9. The monoisotopic (exact) mass is 250 g/mol. The summed E-state index contributed by atoms with van der Waals surface area (Å²) in [5, 5.41) is 4.26. The second kappa shape index (κ2) is 5.00. The molecule has 18 heavy (non-hydrogen) atoms. The summed E-state index contributed by atoms with van der Waals surface area (Å²) >= 11 is 0. The van der Waals surface area contributed by atoms with Crippen LogP contribution < -0.4 is 5.73 Å². The molecule has 1 saturated carbocycles. The minimum Gasteiger partial charge on any atom is -0.330 e. The Kier molecular flexibility index (Phi) is 3.76. The molecular weight excluding hydrogens is 224 g/mol. The van der Waals surface area contributed by atoms with Crippen molar-refractivity contribution in [2.75, 3.05) is 6.54 Å². The summed E-state index contributed by atoms with van der Waals surface area (Å²) in [6.45, 7) is 8.49. The lowest BCUT2D eigenvalue weighted by Crippen LogP contribution is -2.39. The number of nitrogens with two attached hydrogens (primary N) is 1. The highest BCUT2D eigenvalue weighted by Gasteiger charge is 2.38. The third-order valence-electron chi connectivity index (χ3n) is 4.63. The van der Waals surface area contributed by atoms with E-state index in [0.29, 0.717) is 5.41 Å². The van der Waals surface area contributed by atoms with Crippen molar-refractivity contribution < 1.29 is 0 Å². The van der Waals surface area contributed by atoms with Gasteiger partial charge in [0.1, 0.15) is 12.2 Å². The van der Waals surface area contributed by atoms with Gasteiger partial charge in [-0.05, 0) is 50.0 Å². The lowest BCUT2D eigenvalue weighted by atomic mass is 9.64. The first-order valence-electron chi connectivity index (χ1n) is 7.07. The number of aryl methyl sites for hydroxylation is 1. The zero-order valence-electron chi connectivity index (χ0n) is 11.9.